The van der Waals surface area contributed by atoms with Crippen molar-refractivity contribution in [3.63, 3.8) is 0 Å². The van der Waals surface area contributed by atoms with Gasteiger partial charge >= 0.3 is 0 Å². The maximum absolute atomic E-state index is 9.39. The fourth-order valence-corrected chi connectivity index (χ4v) is 11.3. The van der Waals surface area contributed by atoms with E-state index in [1.165, 1.54) is 16.7 Å². The van der Waals surface area contributed by atoms with Crippen molar-refractivity contribution >= 4 is 32.8 Å². The molecule has 0 saturated heterocycles. The number of para-hydroxylation sites is 3. The van der Waals surface area contributed by atoms with Crippen LogP contribution in [0.4, 0.5) is 0 Å². The average molecular weight is 1120 g/mol. The van der Waals surface area contributed by atoms with Crippen LogP contribution in [-0.4, -0.2) is 14.1 Å². The van der Waals surface area contributed by atoms with Gasteiger partial charge in [0.15, 0.2) is 11.0 Å². The Kier molecular flexibility index (Phi) is 9.45. The second-order valence-electron chi connectivity index (χ2n) is 21.6. The molecule has 13 rings (SSSR count). The molecule has 0 unspecified atom stereocenters. The van der Waals surface area contributed by atoms with Gasteiger partial charge in [0, 0.05) is 66.7 Å². The van der Waals surface area contributed by atoms with Crippen molar-refractivity contribution in [2.24, 2.45) is 0 Å². The van der Waals surface area contributed by atoms with Gasteiger partial charge in [0.05, 0.1) is 6.85 Å². The van der Waals surface area contributed by atoms with Crippen molar-refractivity contribution in [3.05, 3.63) is 211 Å². The minimum Gasteiger partial charge on any atom is -0.509 e. The normalized spacial score (nSPS) is 15.3. The number of imidazole rings is 1. The Balaban J connectivity index is 0.00000596. The quantitative estimate of drug-likeness (QED) is 0.127. The summed E-state index contributed by atoms with van der Waals surface area (Å²) in [7, 11) is 0. The predicted octanol–water partition coefficient (Wildman–Crippen LogP) is 16.4. The van der Waals surface area contributed by atoms with Crippen molar-refractivity contribution in [3.8, 4) is 73.2 Å². The predicted molar refractivity (Wildman–Crippen MR) is 290 cm³/mol. The second-order valence-corrected chi connectivity index (χ2v) is 21.6. The van der Waals surface area contributed by atoms with E-state index in [0.717, 1.165) is 84.9 Å². The Labute approximate surface area is 443 Å². The number of rotatable bonds is 5. The third-order valence-corrected chi connectivity index (χ3v) is 15.2. The number of aromatic nitrogens is 4. The van der Waals surface area contributed by atoms with Crippen LogP contribution >= 0.6 is 0 Å². The Bertz CT molecular complexity index is 4250. The topological polar surface area (TPSA) is 35.9 Å². The minimum atomic E-state index is -0.432. The van der Waals surface area contributed by atoms with Crippen molar-refractivity contribution in [1.82, 2.24) is 14.1 Å². The number of nitrogens with zero attached hydrogens (tertiary/aromatic N) is 4. The second kappa shape index (κ2) is 16.9. The summed E-state index contributed by atoms with van der Waals surface area (Å²) in [6.07, 6.45) is 6.01. The molecule has 0 N–H and O–H groups in total. The molecule has 72 heavy (non-hydrogen) atoms. The fraction of sp³-hybridized carbons (Fsp3) is 0.182. The summed E-state index contributed by atoms with van der Waals surface area (Å²) < 4.78 is 58.3. The first-order chi connectivity index (χ1) is 36.4. The summed E-state index contributed by atoms with van der Waals surface area (Å²) in [4.78, 5) is 4.87. The molecule has 5 nitrogen and oxygen atoms in total. The molecule has 0 spiro atoms. The third kappa shape index (κ3) is 7.30. The molecule has 1 aliphatic carbocycles. The van der Waals surface area contributed by atoms with Crippen LogP contribution in [0, 0.1) is 12.1 Å². The first kappa shape index (κ1) is 40.3. The Morgan fingerprint density at radius 2 is 1.24 bits per heavy atom. The zero-order valence-electron chi connectivity index (χ0n) is 46.4. The van der Waals surface area contributed by atoms with Gasteiger partial charge in [-0.05, 0) is 121 Å². The summed E-state index contributed by atoms with van der Waals surface area (Å²) >= 11 is 0. The van der Waals surface area contributed by atoms with Gasteiger partial charge in [-0.3, -0.25) is 0 Å². The molecule has 11 aromatic rings. The summed E-state index contributed by atoms with van der Waals surface area (Å²) in [6.45, 7) is 16.0. The minimum absolute atomic E-state index is 0. The zero-order valence-corrected chi connectivity index (χ0v) is 43.6. The van der Waals surface area contributed by atoms with E-state index in [1.807, 2.05) is 48.7 Å². The van der Waals surface area contributed by atoms with Gasteiger partial charge in [0.2, 0.25) is 0 Å². The van der Waals surface area contributed by atoms with E-state index < -0.39 is 6.04 Å². The molecule has 3 aromatic heterocycles. The Morgan fingerprint density at radius 3 is 2.00 bits per heavy atom. The number of hydrogen-bond donors (Lipinski definition) is 0. The van der Waals surface area contributed by atoms with Gasteiger partial charge in [-0.15, -0.1) is 29.7 Å². The SMILES string of the molecule is [2H]c1c([2H])c([2H])c(-c2cccc3c2-[n+]2cn(-c4[c-]c(Oc5[c-]c6c(cc5)c5ccccc5n6-c5cc(C(C)(C)C)ccn5)ccc4)c4cccc(c42)-c2ccccc2-c2cc4c(cc2-3)C(C)(C)CCC4(C)C)c([2H])c1[2H].[Pt]. The van der Waals surface area contributed by atoms with Crippen LogP contribution in [-0.2, 0) is 37.3 Å². The number of benzene rings is 8. The van der Waals surface area contributed by atoms with Gasteiger partial charge in [-0.25, -0.2) is 9.55 Å². The van der Waals surface area contributed by atoms with Crippen molar-refractivity contribution in [1.29, 1.82) is 0 Å². The molecule has 4 heterocycles. The summed E-state index contributed by atoms with van der Waals surface area (Å²) in [6, 6.07) is 53.8. The van der Waals surface area contributed by atoms with Crippen LogP contribution in [0.25, 0.3) is 94.5 Å². The van der Waals surface area contributed by atoms with Gasteiger partial charge in [0.25, 0.3) is 6.33 Å². The third-order valence-electron chi connectivity index (χ3n) is 15.2. The van der Waals surface area contributed by atoms with E-state index in [2.05, 4.69) is 178 Å². The molecule has 356 valence electrons. The Hall–Kier alpha value is -7.33. The number of ether oxygens (including phenoxy) is 1. The smallest absolute Gasteiger partial charge is 0.253 e. The largest absolute Gasteiger partial charge is 0.509 e. The molecule has 0 radical (unpaired) electrons. The van der Waals surface area contributed by atoms with E-state index in [0.29, 0.717) is 28.4 Å². The molecule has 0 saturated carbocycles. The van der Waals surface area contributed by atoms with Crippen molar-refractivity contribution in [2.75, 3.05) is 0 Å². The summed E-state index contributed by atoms with van der Waals surface area (Å²) in [5.41, 5.74) is 15.3. The molecule has 8 aromatic carbocycles. The maximum atomic E-state index is 9.39. The van der Waals surface area contributed by atoms with Crippen LogP contribution in [0.1, 0.15) is 84.9 Å². The van der Waals surface area contributed by atoms with E-state index in [4.69, 9.17) is 13.8 Å². The van der Waals surface area contributed by atoms with Crippen LogP contribution in [0.15, 0.2) is 182 Å². The molecular formula is C66H55N4OPt-. The van der Waals surface area contributed by atoms with Crippen LogP contribution < -0.4 is 9.30 Å². The number of pyridine rings is 1. The van der Waals surface area contributed by atoms with Gasteiger partial charge in [0.1, 0.15) is 11.5 Å². The van der Waals surface area contributed by atoms with Crippen LogP contribution in [0.2, 0.25) is 0 Å². The molecule has 2 aliphatic rings. The molecule has 0 amide bonds. The molecule has 1 aliphatic heterocycles. The molecule has 0 fully saturated rings. The molecular weight excluding hydrogens is 1060 g/mol. The van der Waals surface area contributed by atoms with Crippen LogP contribution in [0.3, 0.4) is 0 Å². The average Bonchev–Trinajstić information content (AvgIpc) is 4.20. The van der Waals surface area contributed by atoms with Crippen molar-refractivity contribution < 1.29 is 37.2 Å². The Morgan fingerprint density at radius 1 is 0.611 bits per heavy atom. The molecule has 0 atom stereocenters. The summed E-state index contributed by atoms with van der Waals surface area (Å²) in [5, 5.41) is 2.13. The van der Waals surface area contributed by atoms with E-state index in [9.17, 15) is 2.74 Å². The van der Waals surface area contributed by atoms with Gasteiger partial charge < -0.3 is 9.30 Å². The van der Waals surface area contributed by atoms with Crippen LogP contribution in [0.5, 0.6) is 11.5 Å². The first-order valence-electron chi connectivity index (χ1n) is 27.1. The van der Waals surface area contributed by atoms with E-state index >= 15 is 0 Å². The zero-order chi connectivity index (χ0) is 52.7. The monoisotopic (exact) mass is 1120 g/mol. The molecule has 6 heteroatoms. The summed E-state index contributed by atoms with van der Waals surface area (Å²) in [5.74, 6) is 1.82. The maximum Gasteiger partial charge on any atom is 0.253 e. The van der Waals surface area contributed by atoms with E-state index in [1.54, 1.807) is 0 Å². The molecule has 0 bridgehead atoms. The fourth-order valence-electron chi connectivity index (χ4n) is 11.3. The van der Waals surface area contributed by atoms with Crippen molar-refractivity contribution in [2.45, 2.75) is 77.6 Å². The standard InChI is InChI=1S/C66H55N4O.Pt/c1-64(2,3)43-32-35-67-61(36-43)70-58-28-14-13-24-50(58)51-31-30-46(38-60(51)70)71-45-21-15-20-44(37-45)68-41-69-62-47(42-18-9-8-10-19-42)25-16-26-53(62)55-40-57-56(65(4,5)33-34-66(57,6)7)39-54(55)49-23-12-11-22-48(49)52-27-17-29-59(68)63(52)69;/h8-32,35-36,39-41H,33-34H2,1-7H3;/q-1;/i8D,9D,10D,18D,19D;. The van der Waals surface area contributed by atoms with Gasteiger partial charge in [-0.2, -0.15) is 16.7 Å². The first-order valence-corrected chi connectivity index (χ1v) is 24.6. The van der Waals surface area contributed by atoms with Gasteiger partial charge in [-0.1, -0.05) is 157 Å². The number of fused-ring (bicyclic) bond motifs is 11. The van der Waals surface area contributed by atoms with E-state index in [-0.39, 0.29) is 67.0 Å². The number of hydrogen-bond acceptors (Lipinski definition) is 2.